The molecule has 0 atom stereocenters. The molecule has 1 saturated heterocycles. The Morgan fingerprint density at radius 2 is 1.60 bits per heavy atom. The van der Waals surface area contributed by atoms with Gasteiger partial charge in [-0.1, -0.05) is 31.4 Å². The first-order valence-electron chi connectivity index (χ1n) is 9.46. The van der Waals surface area contributed by atoms with Crippen molar-refractivity contribution in [1.82, 2.24) is 9.80 Å². The summed E-state index contributed by atoms with van der Waals surface area (Å²) in [7, 11) is 0. The Morgan fingerprint density at radius 3 is 2.28 bits per heavy atom. The number of carbonyl (C=O) groups excluding carboxylic acids is 2. The van der Waals surface area contributed by atoms with Gasteiger partial charge in [0.05, 0.1) is 0 Å². The molecule has 0 spiro atoms. The molecule has 1 aliphatic carbocycles. The lowest BCUT2D eigenvalue weighted by molar-refractivity contribution is -0.137. The van der Waals surface area contributed by atoms with Crippen molar-refractivity contribution in [3.63, 3.8) is 0 Å². The fourth-order valence-corrected chi connectivity index (χ4v) is 3.80. The Labute approximate surface area is 150 Å². The van der Waals surface area contributed by atoms with E-state index in [0.29, 0.717) is 32.1 Å². The molecule has 1 aliphatic heterocycles. The molecule has 1 saturated carbocycles. The Bertz CT molecular complexity index is 630. The van der Waals surface area contributed by atoms with E-state index in [0.717, 1.165) is 29.7 Å². The molecule has 1 aromatic rings. The van der Waals surface area contributed by atoms with Crippen LogP contribution in [0.2, 0.25) is 0 Å². The number of benzene rings is 1. The van der Waals surface area contributed by atoms with Crippen molar-refractivity contribution in [3.05, 3.63) is 29.3 Å². The fraction of sp³-hybridized carbons (Fsp3) is 0.600. The lowest BCUT2D eigenvalue weighted by atomic mass is 9.88. The minimum atomic E-state index is -0.0709. The highest BCUT2D eigenvalue weighted by atomic mass is 16.2. The highest BCUT2D eigenvalue weighted by molar-refractivity contribution is 5.90. The molecule has 136 valence electrons. The summed E-state index contributed by atoms with van der Waals surface area (Å²) < 4.78 is 0. The zero-order valence-corrected chi connectivity index (χ0v) is 15.4. The minimum Gasteiger partial charge on any atom is -0.339 e. The average Bonchev–Trinajstić information content (AvgIpc) is 2.65. The van der Waals surface area contributed by atoms with Gasteiger partial charge in [-0.2, -0.15) is 0 Å². The molecule has 0 bridgehead atoms. The first-order valence-corrected chi connectivity index (χ1v) is 9.46. The monoisotopic (exact) mass is 343 g/mol. The van der Waals surface area contributed by atoms with Crippen LogP contribution in [0.5, 0.6) is 0 Å². The van der Waals surface area contributed by atoms with E-state index in [9.17, 15) is 9.59 Å². The molecule has 0 radical (unpaired) electrons. The van der Waals surface area contributed by atoms with Crippen LogP contribution in [0.4, 0.5) is 10.5 Å². The fourth-order valence-electron chi connectivity index (χ4n) is 3.80. The summed E-state index contributed by atoms with van der Waals surface area (Å²) in [5.74, 6) is 0.512. The third-order valence-electron chi connectivity index (χ3n) is 5.47. The lowest BCUT2D eigenvalue weighted by Crippen LogP contribution is -2.53. The van der Waals surface area contributed by atoms with Gasteiger partial charge in [0.25, 0.3) is 0 Å². The molecule has 1 aromatic carbocycles. The zero-order chi connectivity index (χ0) is 17.8. The van der Waals surface area contributed by atoms with E-state index in [1.165, 1.54) is 19.3 Å². The molecule has 5 heteroatoms. The Balaban J connectivity index is 1.52. The zero-order valence-electron chi connectivity index (χ0n) is 15.4. The van der Waals surface area contributed by atoms with Crippen molar-refractivity contribution in [1.29, 1.82) is 0 Å². The summed E-state index contributed by atoms with van der Waals surface area (Å²) in [4.78, 5) is 28.9. The molecule has 3 amide bonds. The standard InChI is InChI=1S/C20H29N3O2/c1-15-8-9-16(2)18(14-15)21-20(25)23-12-10-22(11-13-23)19(24)17-6-4-3-5-7-17/h8-9,14,17H,3-7,10-13H2,1-2H3,(H,21,25). The molecular formula is C20H29N3O2. The normalized spacial score (nSPS) is 19.0. The highest BCUT2D eigenvalue weighted by Gasteiger charge is 2.29. The number of hydrogen-bond donors (Lipinski definition) is 1. The van der Waals surface area contributed by atoms with E-state index in [1.54, 1.807) is 0 Å². The summed E-state index contributed by atoms with van der Waals surface area (Å²) in [6.07, 6.45) is 5.68. The summed E-state index contributed by atoms with van der Waals surface area (Å²) in [6, 6.07) is 5.99. The van der Waals surface area contributed by atoms with E-state index < -0.39 is 0 Å². The van der Waals surface area contributed by atoms with Crippen molar-refractivity contribution in [2.24, 2.45) is 5.92 Å². The van der Waals surface area contributed by atoms with Crippen LogP contribution in [0, 0.1) is 19.8 Å². The maximum atomic E-state index is 12.6. The van der Waals surface area contributed by atoms with Gasteiger partial charge in [-0.3, -0.25) is 4.79 Å². The third-order valence-corrected chi connectivity index (χ3v) is 5.47. The number of aryl methyl sites for hydroxylation is 2. The van der Waals surface area contributed by atoms with Gasteiger partial charge in [0.15, 0.2) is 0 Å². The van der Waals surface area contributed by atoms with Crippen molar-refractivity contribution < 1.29 is 9.59 Å². The van der Waals surface area contributed by atoms with Crippen molar-refractivity contribution >= 4 is 17.6 Å². The summed E-state index contributed by atoms with van der Waals surface area (Å²) in [5, 5.41) is 3.01. The highest BCUT2D eigenvalue weighted by Crippen LogP contribution is 2.26. The summed E-state index contributed by atoms with van der Waals surface area (Å²) in [6.45, 7) is 6.52. The topological polar surface area (TPSA) is 52.7 Å². The number of amides is 3. The quantitative estimate of drug-likeness (QED) is 0.893. The van der Waals surface area contributed by atoms with Gasteiger partial charge < -0.3 is 15.1 Å². The van der Waals surface area contributed by atoms with Crippen LogP contribution in [0.15, 0.2) is 18.2 Å². The molecular weight excluding hydrogens is 314 g/mol. The number of rotatable bonds is 2. The van der Waals surface area contributed by atoms with Gasteiger partial charge in [-0.15, -0.1) is 0 Å². The molecule has 1 heterocycles. The largest absolute Gasteiger partial charge is 0.339 e. The van der Waals surface area contributed by atoms with Crippen LogP contribution < -0.4 is 5.32 Å². The van der Waals surface area contributed by atoms with Gasteiger partial charge in [-0.25, -0.2) is 4.79 Å². The van der Waals surface area contributed by atoms with Gasteiger partial charge >= 0.3 is 6.03 Å². The lowest BCUT2D eigenvalue weighted by Gasteiger charge is -2.37. The maximum absolute atomic E-state index is 12.6. The van der Waals surface area contributed by atoms with Gasteiger partial charge in [0, 0.05) is 37.8 Å². The van der Waals surface area contributed by atoms with Crippen molar-refractivity contribution in [2.45, 2.75) is 46.0 Å². The summed E-state index contributed by atoms with van der Waals surface area (Å²) in [5.41, 5.74) is 3.06. The Morgan fingerprint density at radius 1 is 0.960 bits per heavy atom. The molecule has 5 nitrogen and oxygen atoms in total. The predicted molar refractivity (Wildman–Crippen MR) is 99.7 cm³/mol. The van der Waals surface area contributed by atoms with Gasteiger partial charge in [-0.05, 0) is 43.9 Å². The molecule has 2 aliphatic rings. The van der Waals surface area contributed by atoms with Crippen LogP contribution in [0.3, 0.4) is 0 Å². The summed E-state index contributed by atoms with van der Waals surface area (Å²) >= 11 is 0. The van der Waals surface area contributed by atoms with Crippen LogP contribution in [0.1, 0.15) is 43.2 Å². The van der Waals surface area contributed by atoms with E-state index in [1.807, 2.05) is 41.8 Å². The second-order valence-electron chi connectivity index (χ2n) is 7.40. The average molecular weight is 343 g/mol. The number of carbonyl (C=O) groups is 2. The number of nitrogens with zero attached hydrogens (tertiary/aromatic N) is 2. The number of nitrogens with one attached hydrogen (secondary N) is 1. The van der Waals surface area contributed by atoms with Crippen LogP contribution in [-0.2, 0) is 4.79 Å². The first kappa shape index (κ1) is 17.8. The number of anilines is 1. The van der Waals surface area contributed by atoms with Gasteiger partial charge in [0.1, 0.15) is 0 Å². The number of piperazine rings is 1. The molecule has 1 N–H and O–H groups in total. The predicted octanol–water partition coefficient (Wildman–Crippen LogP) is 3.56. The van der Waals surface area contributed by atoms with E-state index in [4.69, 9.17) is 0 Å². The second kappa shape index (κ2) is 7.89. The Hall–Kier alpha value is -2.04. The van der Waals surface area contributed by atoms with E-state index in [2.05, 4.69) is 5.32 Å². The van der Waals surface area contributed by atoms with Crippen LogP contribution >= 0.6 is 0 Å². The molecule has 3 rings (SSSR count). The molecule has 0 aromatic heterocycles. The van der Waals surface area contributed by atoms with Gasteiger partial charge in [0.2, 0.25) is 5.91 Å². The Kier molecular flexibility index (Phi) is 5.61. The molecule has 0 unspecified atom stereocenters. The van der Waals surface area contributed by atoms with E-state index in [-0.39, 0.29) is 11.9 Å². The second-order valence-corrected chi connectivity index (χ2v) is 7.40. The van der Waals surface area contributed by atoms with E-state index >= 15 is 0 Å². The third kappa shape index (κ3) is 4.33. The smallest absolute Gasteiger partial charge is 0.321 e. The SMILES string of the molecule is Cc1ccc(C)c(NC(=O)N2CCN(C(=O)C3CCCCC3)CC2)c1. The molecule has 2 fully saturated rings. The van der Waals surface area contributed by atoms with Crippen LogP contribution in [0.25, 0.3) is 0 Å². The van der Waals surface area contributed by atoms with Crippen molar-refractivity contribution in [3.8, 4) is 0 Å². The number of hydrogen-bond acceptors (Lipinski definition) is 2. The maximum Gasteiger partial charge on any atom is 0.321 e. The minimum absolute atomic E-state index is 0.0709. The van der Waals surface area contributed by atoms with Crippen LogP contribution in [-0.4, -0.2) is 47.9 Å². The first-order chi connectivity index (χ1) is 12.0. The van der Waals surface area contributed by atoms with Crippen molar-refractivity contribution in [2.75, 3.05) is 31.5 Å². The number of urea groups is 1. The molecule has 25 heavy (non-hydrogen) atoms.